The number of amides is 1. The maximum Gasteiger partial charge on any atom is 0.410 e. The van der Waals surface area contributed by atoms with Crippen molar-refractivity contribution < 1.29 is 14.3 Å². The summed E-state index contributed by atoms with van der Waals surface area (Å²) in [5.41, 5.74) is 1.02. The number of rotatable bonds is 4. The summed E-state index contributed by atoms with van der Waals surface area (Å²) in [6, 6.07) is 10.6. The molecule has 114 valence electrons. The number of nitrogens with one attached hydrogen (secondary N) is 1. The molecule has 1 N–H and O–H groups in total. The van der Waals surface area contributed by atoms with E-state index in [4.69, 9.17) is 9.47 Å². The number of benzene rings is 1. The van der Waals surface area contributed by atoms with Crippen LogP contribution in [-0.2, 0) is 16.1 Å². The SMILES string of the molecule is O=C(OCc1ccccc1)N1CCCC(NC2COC2)C1. The quantitative estimate of drug-likeness (QED) is 0.918. The number of piperidine rings is 1. The van der Waals surface area contributed by atoms with Crippen molar-refractivity contribution in [1.82, 2.24) is 10.2 Å². The summed E-state index contributed by atoms with van der Waals surface area (Å²) in [4.78, 5) is 13.9. The molecule has 2 aliphatic rings. The van der Waals surface area contributed by atoms with Crippen molar-refractivity contribution in [3.8, 4) is 0 Å². The number of nitrogens with zero attached hydrogens (tertiary/aromatic N) is 1. The maximum atomic E-state index is 12.1. The highest BCUT2D eigenvalue weighted by atomic mass is 16.6. The average Bonchev–Trinajstić information content (AvgIpc) is 2.50. The third-order valence-corrected chi connectivity index (χ3v) is 3.99. The van der Waals surface area contributed by atoms with Gasteiger partial charge in [-0.25, -0.2) is 4.79 Å². The maximum absolute atomic E-state index is 12.1. The number of ether oxygens (including phenoxy) is 2. The van der Waals surface area contributed by atoms with Crippen LogP contribution in [0.2, 0.25) is 0 Å². The van der Waals surface area contributed by atoms with Crippen LogP contribution in [0.1, 0.15) is 18.4 Å². The minimum Gasteiger partial charge on any atom is -0.445 e. The number of carbonyl (C=O) groups is 1. The number of carbonyl (C=O) groups excluding carboxylic acids is 1. The molecule has 3 rings (SSSR count). The van der Waals surface area contributed by atoms with Crippen molar-refractivity contribution in [1.29, 1.82) is 0 Å². The van der Waals surface area contributed by atoms with E-state index in [-0.39, 0.29) is 6.09 Å². The second-order valence-corrected chi connectivity index (χ2v) is 5.73. The van der Waals surface area contributed by atoms with E-state index in [0.29, 0.717) is 18.7 Å². The van der Waals surface area contributed by atoms with Crippen molar-refractivity contribution in [3.05, 3.63) is 35.9 Å². The first-order valence-electron chi connectivity index (χ1n) is 7.60. The Hall–Kier alpha value is -1.59. The third-order valence-electron chi connectivity index (χ3n) is 3.99. The number of likely N-dealkylation sites (tertiary alicyclic amines) is 1. The Labute approximate surface area is 125 Å². The summed E-state index contributed by atoms with van der Waals surface area (Å²) < 4.78 is 10.6. The highest BCUT2D eigenvalue weighted by molar-refractivity contribution is 5.67. The van der Waals surface area contributed by atoms with E-state index in [9.17, 15) is 4.79 Å². The van der Waals surface area contributed by atoms with Gasteiger partial charge in [0.25, 0.3) is 0 Å². The smallest absolute Gasteiger partial charge is 0.410 e. The summed E-state index contributed by atoms with van der Waals surface area (Å²) in [6.07, 6.45) is 1.92. The van der Waals surface area contributed by atoms with Crippen LogP contribution >= 0.6 is 0 Å². The lowest BCUT2D eigenvalue weighted by Gasteiger charge is -2.37. The first-order valence-corrected chi connectivity index (χ1v) is 7.60. The fourth-order valence-electron chi connectivity index (χ4n) is 2.75. The van der Waals surface area contributed by atoms with Crippen LogP contribution in [0.25, 0.3) is 0 Å². The molecule has 1 aromatic carbocycles. The largest absolute Gasteiger partial charge is 0.445 e. The van der Waals surface area contributed by atoms with Gasteiger partial charge in [0.05, 0.1) is 19.3 Å². The van der Waals surface area contributed by atoms with Gasteiger partial charge in [0.2, 0.25) is 0 Å². The highest BCUT2D eigenvalue weighted by Crippen LogP contribution is 2.14. The molecule has 1 atom stereocenters. The van der Waals surface area contributed by atoms with Gasteiger partial charge in [-0.15, -0.1) is 0 Å². The topological polar surface area (TPSA) is 50.8 Å². The predicted octanol–water partition coefficient (Wildman–Crippen LogP) is 1.78. The van der Waals surface area contributed by atoms with Gasteiger partial charge in [0, 0.05) is 19.1 Å². The fourth-order valence-corrected chi connectivity index (χ4v) is 2.75. The first-order chi connectivity index (χ1) is 10.3. The van der Waals surface area contributed by atoms with Crippen LogP contribution in [0, 0.1) is 0 Å². The molecule has 2 fully saturated rings. The van der Waals surface area contributed by atoms with Gasteiger partial charge in [-0.2, -0.15) is 0 Å². The molecular formula is C16H22N2O3. The Morgan fingerprint density at radius 3 is 2.81 bits per heavy atom. The van der Waals surface area contributed by atoms with E-state index in [2.05, 4.69) is 5.32 Å². The van der Waals surface area contributed by atoms with Gasteiger partial charge in [-0.3, -0.25) is 0 Å². The van der Waals surface area contributed by atoms with Crippen molar-refractivity contribution in [2.45, 2.75) is 31.5 Å². The molecule has 1 unspecified atom stereocenters. The molecule has 0 aromatic heterocycles. The monoisotopic (exact) mass is 290 g/mol. The van der Waals surface area contributed by atoms with Gasteiger partial charge < -0.3 is 19.7 Å². The standard InChI is InChI=1S/C16H22N2O3/c19-16(21-10-13-5-2-1-3-6-13)18-8-4-7-14(9-18)17-15-11-20-12-15/h1-3,5-6,14-15,17H,4,7-12H2. The lowest BCUT2D eigenvalue weighted by Crippen LogP contribution is -2.56. The molecule has 5 heteroatoms. The van der Waals surface area contributed by atoms with Crippen LogP contribution in [0.3, 0.4) is 0 Å². The number of hydrogen-bond donors (Lipinski definition) is 1. The Morgan fingerprint density at radius 1 is 1.29 bits per heavy atom. The van der Waals surface area contributed by atoms with Crippen LogP contribution in [0.5, 0.6) is 0 Å². The molecule has 0 bridgehead atoms. The van der Waals surface area contributed by atoms with Crippen LogP contribution in [-0.4, -0.2) is 49.4 Å². The number of hydrogen-bond acceptors (Lipinski definition) is 4. The minimum absolute atomic E-state index is 0.213. The van der Waals surface area contributed by atoms with E-state index >= 15 is 0 Å². The highest BCUT2D eigenvalue weighted by Gasteiger charge is 2.28. The summed E-state index contributed by atoms with van der Waals surface area (Å²) in [7, 11) is 0. The molecule has 2 heterocycles. The second-order valence-electron chi connectivity index (χ2n) is 5.73. The van der Waals surface area contributed by atoms with E-state index in [1.165, 1.54) is 0 Å². The van der Waals surface area contributed by atoms with Crippen molar-refractivity contribution in [2.75, 3.05) is 26.3 Å². The Bertz CT molecular complexity index is 462. The van der Waals surface area contributed by atoms with Crippen molar-refractivity contribution in [2.24, 2.45) is 0 Å². The normalized spacial score (nSPS) is 22.7. The Morgan fingerprint density at radius 2 is 2.10 bits per heavy atom. The van der Waals surface area contributed by atoms with Gasteiger partial charge in [0.15, 0.2) is 0 Å². The van der Waals surface area contributed by atoms with Crippen molar-refractivity contribution >= 4 is 6.09 Å². The molecule has 5 nitrogen and oxygen atoms in total. The Kier molecular flexibility index (Phi) is 4.72. The second kappa shape index (κ2) is 6.91. The fraction of sp³-hybridized carbons (Fsp3) is 0.562. The Balaban J connectivity index is 1.45. The molecule has 21 heavy (non-hydrogen) atoms. The minimum atomic E-state index is -0.213. The molecule has 2 aliphatic heterocycles. The zero-order valence-electron chi connectivity index (χ0n) is 12.2. The van der Waals surface area contributed by atoms with E-state index in [1.54, 1.807) is 0 Å². The zero-order valence-corrected chi connectivity index (χ0v) is 12.2. The molecular weight excluding hydrogens is 268 g/mol. The molecule has 2 saturated heterocycles. The molecule has 0 spiro atoms. The molecule has 0 radical (unpaired) electrons. The van der Waals surface area contributed by atoms with Gasteiger partial charge >= 0.3 is 6.09 Å². The van der Waals surface area contributed by atoms with E-state index in [1.807, 2.05) is 35.2 Å². The molecule has 1 aromatic rings. The lowest BCUT2D eigenvalue weighted by atomic mass is 10.0. The summed E-state index contributed by atoms with van der Waals surface area (Å²) in [5, 5.41) is 3.54. The lowest BCUT2D eigenvalue weighted by molar-refractivity contribution is -0.0145. The average molecular weight is 290 g/mol. The van der Waals surface area contributed by atoms with Crippen LogP contribution in [0.15, 0.2) is 30.3 Å². The molecule has 0 aliphatic carbocycles. The summed E-state index contributed by atoms with van der Waals surface area (Å²) >= 11 is 0. The zero-order chi connectivity index (χ0) is 14.5. The predicted molar refractivity (Wildman–Crippen MR) is 79.0 cm³/mol. The van der Waals surface area contributed by atoms with Crippen molar-refractivity contribution in [3.63, 3.8) is 0 Å². The molecule has 0 saturated carbocycles. The molecule has 1 amide bonds. The van der Waals surface area contributed by atoms with Gasteiger partial charge in [0.1, 0.15) is 6.61 Å². The van der Waals surface area contributed by atoms with Gasteiger partial charge in [-0.05, 0) is 18.4 Å². The summed E-state index contributed by atoms with van der Waals surface area (Å²) in [6.45, 7) is 3.42. The third kappa shape index (κ3) is 3.95. The van der Waals surface area contributed by atoms with E-state index < -0.39 is 0 Å². The first kappa shape index (κ1) is 14.4. The van der Waals surface area contributed by atoms with E-state index in [0.717, 1.165) is 44.7 Å². The van der Waals surface area contributed by atoms with Crippen LogP contribution < -0.4 is 5.32 Å². The van der Waals surface area contributed by atoms with Crippen LogP contribution in [0.4, 0.5) is 4.79 Å². The summed E-state index contributed by atoms with van der Waals surface area (Å²) in [5.74, 6) is 0. The van der Waals surface area contributed by atoms with Gasteiger partial charge in [-0.1, -0.05) is 30.3 Å².